The fraction of sp³-hybridized carbons (Fsp3) is 0.556. The Kier molecular flexibility index (Phi) is 6.52. The Labute approximate surface area is 137 Å². The van der Waals surface area contributed by atoms with Crippen LogP contribution in [0.4, 0.5) is 4.39 Å². The summed E-state index contributed by atoms with van der Waals surface area (Å²) >= 11 is 0. The standard InChI is InChI=1S/C18H23FN4/c1-15(17-5-2-6-18(19)12-17)23-10-8-22(9-11-23)14-16(13-21)4-3-7-20/h2,5-6,12,15-16H,3-4,8-11,14H2,1H3. The van der Waals surface area contributed by atoms with Gasteiger partial charge in [0.05, 0.1) is 18.1 Å². The van der Waals surface area contributed by atoms with Crippen molar-refractivity contribution in [3.8, 4) is 12.1 Å². The molecule has 2 rings (SSSR count). The molecule has 0 radical (unpaired) electrons. The molecule has 0 aromatic heterocycles. The molecule has 0 saturated carbocycles. The number of hydrogen-bond donors (Lipinski definition) is 0. The molecule has 5 heteroatoms. The second-order valence-electron chi connectivity index (χ2n) is 6.09. The topological polar surface area (TPSA) is 54.1 Å². The zero-order chi connectivity index (χ0) is 16.7. The highest BCUT2D eigenvalue weighted by Crippen LogP contribution is 2.22. The van der Waals surface area contributed by atoms with Crippen LogP contribution in [0.2, 0.25) is 0 Å². The van der Waals surface area contributed by atoms with Gasteiger partial charge in [0.15, 0.2) is 0 Å². The largest absolute Gasteiger partial charge is 0.299 e. The monoisotopic (exact) mass is 314 g/mol. The predicted octanol–water partition coefficient (Wildman–Crippen LogP) is 2.95. The molecule has 1 saturated heterocycles. The lowest BCUT2D eigenvalue weighted by molar-refractivity contribution is 0.0954. The van der Waals surface area contributed by atoms with Crippen molar-refractivity contribution >= 4 is 0 Å². The highest BCUT2D eigenvalue weighted by atomic mass is 19.1. The summed E-state index contributed by atoms with van der Waals surface area (Å²) in [6.45, 7) is 6.48. The summed E-state index contributed by atoms with van der Waals surface area (Å²) in [7, 11) is 0. The van der Waals surface area contributed by atoms with E-state index in [1.807, 2.05) is 6.07 Å². The van der Waals surface area contributed by atoms with Crippen molar-refractivity contribution in [2.75, 3.05) is 32.7 Å². The minimum absolute atomic E-state index is 0.0677. The van der Waals surface area contributed by atoms with Crippen LogP contribution < -0.4 is 0 Å². The average molecular weight is 314 g/mol. The first-order chi connectivity index (χ1) is 11.1. The van der Waals surface area contributed by atoms with Crippen molar-refractivity contribution in [1.82, 2.24) is 9.80 Å². The molecule has 4 nitrogen and oxygen atoms in total. The van der Waals surface area contributed by atoms with Gasteiger partial charge in [-0.05, 0) is 31.0 Å². The quantitative estimate of drug-likeness (QED) is 0.810. The van der Waals surface area contributed by atoms with E-state index < -0.39 is 0 Å². The lowest BCUT2D eigenvalue weighted by Crippen LogP contribution is -2.48. The van der Waals surface area contributed by atoms with Crippen LogP contribution in [0.25, 0.3) is 0 Å². The molecule has 23 heavy (non-hydrogen) atoms. The van der Waals surface area contributed by atoms with Crippen LogP contribution in [-0.2, 0) is 0 Å². The van der Waals surface area contributed by atoms with Gasteiger partial charge in [0.2, 0.25) is 0 Å². The summed E-state index contributed by atoms with van der Waals surface area (Å²) in [5.74, 6) is -0.260. The molecule has 0 aliphatic carbocycles. The number of benzene rings is 1. The predicted molar refractivity (Wildman–Crippen MR) is 86.8 cm³/mol. The van der Waals surface area contributed by atoms with Gasteiger partial charge in [0.25, 0.3) is 0 Å². The molecule has 0 N–H and O–H groups in total. The number of piperazine rings is 1. The molecule has 2 atom stereocenters. The van der Waals surface area contributed by atoms with Crippen molar-refractivity contribution in [1.29, 1.82) is 10.5 Å². The molecule has 1 aliphatic rings. The molecule has 1 aromatic rings. The summed E-state index contributed by atoms with van der Waals surface area (Å²) in [6, 6.07) is 11.4. The van der Waals surface area contributed by atoms with Crippen molar-refractivity contribution in [2.45, 2.75) is 25.8 Å². The maximum absolute atomic E-state index is 13.4. The molecule has 1 heterocycles. The van der Waals surface area contributed by atoms with E-state index in [0.717, 1.165) is 38.3 Å². The second-order valence-corrected chi connectivity index (χ2v) is 6.09. The smallest absolute Gasteiger partial charge is 0.123 e. The summed E-state index contributed by atoms with van der Waals surface area (Å²) < 4.78 is 13.4. The highest BCUT2D eigenvalue weighted by molar-refractivity contribution is 5.19. The fourth-order valence-electron chi connectivity index (χ4n) is 3.06. The fourth-order valence-corrected chi connectivity index (χ4v) is 3.06. The second kappa shape index (κ2) is 8.62. The van der Waals surface area contributed by atoms with Gasteiger partial charge in [-0.2, -0.15) is 10.5 Å². The van der Waals surface area contributed by atoms with Gasteiger partial charge in [-0.25, -0.2) is 4.39 Å². The first-order valence-electron chi connectivity index (χ1n) is 8.12. The third-order valence-corrected chi connectivity index (χ3v) is 4.55. The Morgan fingerprint density at radius 3 is 2.57 bits per heavy atom. The van der Waals surface area contributed by atoms with E-state index in [1.54, 1.807) is 12.1 Å². The van der Waals surface area contributed by atoms with Gasteiger partial charge >= 0.3 is 0 Å². The van der Waals surface area contributed by atoms with Crippen LogP contribution >= 0.6 is 0 Å². The van der Waals surface area contributed by atoms with E-state index in [9.17, 15) is 4.39 Å². The Morgan fingerprint density at radius 2 is 1.96 bits per heavy atom. The molecule has 122 valence electrons. The zero-order valence-corrected chi connectivity index (χ0v) is 13.6. The minimum atomic E-state index is -0.192. The van der Waals surface area contributed by atoms with Gasteiger partial charge in [0, 0.05) is 45.2 Å². The van der Waals surface area contributed by atoms with Crippen LogP contribution in [0.1, 0.15) is 31.4 Å². The molecule has 2 unspecified atom stereocenters. The van der Waals surface area contributed by atoms with Crippen LogP contribution in [0.3, 0.4) is 0 Å². The van der Waals surface area contributed by atoms with E-state index in [4.69, 9.17) is 10.5 Å². The van der Waals surface area contributed by atoms with Gasteiger partial charge in [-0.3, -0.25) is 9.80 Å². The first kappa shape index (κ1) is 17.4. The molecular formula is C18H23FN4. The number of nitrogens with zero attached hydrogens (tertiary/aromatic N) is 4. The van der Waals surface area contributed by atoms with E-state index >= 15 is 0 Å². The third kappa shape index (κ3) is 5.03. The molecule has 0 bridgehead atoms. The molecule has 1 fully saturated rings. The van der Waals surface area contributed by atoms with Crippen molar-refractivity contribution in [3.05, 3.63) is 35.6 Å². The Morgan fingerprint density at radius 1 is 1.22 bits per heavy atom. The van der Waals surface area contributed by atoms with E-state index in [0.29, 0.717) is 12.8 Å². The Hall–Kier alpha value is -1.95. The van der Waals surface area contributed by atoms with Crippen LogP contribution in [-0.4, -0.2) is 42.5 Å². The molecule has 1 aliphatic heterocycles. The van der Waals surface area contributed by atoms with Crippen LogP contribution in [0.15, 0.2) is 24.3 Å². The van der Waals surface area contributed by atoms with Crippen molar-refractivity contribution < 1.29 is 4.39 Å². The van der Waals surface area contributed by atoms with Crippen molar-refractivity contribution in [3.63, 3.8) is 0 Å². The molecular weight excluding hydrogens is 291 g/mol. The molecule has 0 spiro atoms. The lowest BCUT2D eigenvalue weighted by Gasteiger charge is -2.38. The number of nitriles is 2. The van der Waals surface area contributed by atoms with Gasteiger partial charge in [-0.15, -0.1) is 0 Å². The zero-order valence-electron chi connectivity index (χ0n) is 13.6. The summed E-state index contributed by atoms with van der Waals surface area (Å²) in [4.78, 5) is 4.64. The van der Waals surface area contributed by atoms with Crippen molar-refractivity contribution in [2.24, 2.45) is 5.92 Å². The summed E-state index contributed by atoms with van der Waals surface area (Å²) in [6.07, 6.45) is 1.09. The summed E-state index contributed by atoms with van der Waals surface area (Å²) in [5, 5.41) is 17.8. The average Bonchev–Trinajstić information content (AvgIpc) is 2.58. The maximum Gasteiger partial charge on any atom is 0.123 e. The SMILES string of the molecule is CC(c1cccc(F)c1)N1CCN(CC(C#N)CCC#N)CC1. The number of halogens is 1. The highest BCUT2D eigenvalue weighted by Gasteiger charge is 2.23. The molecule has 0 amide bonds. The lowest BCUT2D eigenvalue weighted by atomic mass is 10.0. The van der Waals surface area contributed by atoms with E-state index in [1.165, 1.54) is 6.07 Å². The van der Waals surface area contributed by atoms with Crippen LogP contribution in [0, 0.1) is 34.4 Å². The minimum Gasteiger partial charge on any atom is -0.299 e. The normalized spacial score (nSPS) is 18.8. The number of rotatable bonds is 6. The van der Waals surface area contributed by atoms with Gasteiger partial charge in [-0.1, -0.05) is 12.1 Å². The van der Waals surface area contributed by atoms with Gasteiger partial charge in [0.1, 0.15) is 5.82 Å². The first-order valence-corrected chi connectivity index (χ1v) is 8.12. The van der Waals surface area contributed by atoms with E-state index in [-0.39, 0.29) is 17.8 Å². The summed E-state index contributed by atoms with van der Waals surface area (Å²) in [5.41, 5.74) is 1.00. The number of hydrogen-bond acceptors (Lipinski definition) is 4. The maximum atomic E-state index is 13.4. The molecule has 1 aromatic carbocycles. The Bertz CT molecular complexity index is 581. The Balaban J connectivity index is 1.84. The third-order valence-electron chi connectivity index (χ3n) is 4.55. The van der Waals surface area contributed by atoms with Gasteiger partial charge < -0.3 is 0 Å². The van der Waals surface area contributed by atoms with E-state index in [2.05, 4.69) is 28.9 Å². The van der Waals surface area contributed by atoms with Crippen LogP contribution in [0.5, 0.6) is 0 Å².